The van der Waals surface area contributed by atoms with Crippen molar-refractivity contribution in [3.8, 4) is 11.3 Å². The monoisotopic (exact) mass is 410 g/mol. The molecule has 1 amide bonds. The number of aromatic nitrogens is 5. The lowest BCUT2D eigenvalue weighted by Crippen LogP contribution is -2.23. The molecule has 152 valence electrons. The van der Waals surface area contributed by atoms with Crippen LogP contribution in [0, 0.1) is 6.92 Å². The standard InChI is InChI=1S/C23H18N6O2/c1-14-4-6-16(7-5-14)20-21-26-23(31)18-9-8-17(11-19(18)29(21)28-27-20)22(30)25-13-15-3-2-10-24-12-15/h2-12,28H,13H2,1H3,(H,25,30). The van der Waals surface area contributed by atoms with Crippen LogP contribution in [-0.2, 0) is 6.54 Å². The zero-order chi connectivity index (χ0) is 21.4. The zero-order valence-corrected chi connectivity index (χ0v) is 16.7. The van der Waals surface area contributed by atoms with Crippen molar-refractivity contribution >= 4 is 22.5 Å². The number of aryl methyl sites for hydroxylation is 1. The number of nitrogens with one attached hydrogen (secondary N) is 2. The number of nitrogens with zero attached hydrogens (tertiary/aromatic N) is 4. The molecule has 2 N–H and O–H groups in total. The Hall–Kier alpha value is -4.33. The molecule has 0 bridgehead atoms. The molecule has 8 heteroatoms. The molecule has 0 saturated heterocycles. The van der Waals surface area contributed by atoms with Crippen LogP contribution in [0.2, 0.25) is 0 Å². The number of rotatable bonds is 4. The molecule has 0 unspecified atom stereocenters. The van der Waals surface area contributed by atoms with E-state index in [1.807, 2.05) is 43.3 Å². The van der Waals surface area contributed by atoms with Crippen molar-refractivity contribution in [1.82, 2.24) is 30.1 Å². The Labute approximate surface area is 176 Å². The van der Waals surface area contributed by atoms with Gasteiger partial charge in [-0.15, -0.1) is 0 Å². The van der Waals surface area contributed by atoms with Gasteiger partial charge in [0.05, 0.1) is 10.9 Å². The molecule has 0 atom stereocenters. The van der Waals surface area contributed by atoms with Crippen molar-refractivity contribution in [2.24, 2.45) is 0 Å². The van der Waals surface area contributed by atoms with Gasteiger partial charge in [-0.1, -0.05) is 35.9 Å². The van der Waals surface area contributed by atoms with Crippen LogP contribution in [0.4, 0.5) is 0 Å². The number of carbonyl (C=O) groups excluding carboxylic acids is 1. The van der Waals surface area contributed by atoms with Gasteiger partial charge in [0.25, 0.3) is 11.5 Å². The van der Waals surface area contributed by atoms with E-state index >= 15 is 0 Å². The van der Waals surface area contributed by atoms with Gasteiger partial charge in [-0.25, -0.2) is 9.73 Å². The molecule has 5 aromatic rings. The highest BCUT2D eigenvalue weighted by atomic mass is 16.1. The van der Waals surface area contributed by atoms with E-state index in [0.29, 0.717) is 34.4 Å². The molecular formula is C23H18N6O2. The second kappa shape index (κ2) is 7.49. The summed E-state index contributed by atoms with van der Waals surface area (Å²) in [7, 11) is 0. The average molecular weight is 410 g/mol. The van der Waals surface area contributed by atoms with Gasteiger partial charge in [0.15, 0.2) is 5.65 Å². The first-order valence-corrected chi connectivity index (χ1v) is 9.75. The summed E-state index contributed by atoms with van der Waals surface area (Å²) in [6.45, 7) is 2.36. The second-order valence-corrected chi connectivity index (χ2v) is 7.28. The van der Waals surface area contributed by atoms with Crippen LogP contribution in [0.5, 0.6) is 0 Å². The zero-order valence-electron chi connectivity index (χ0n) is 16.7. The van der Waals surface area contributed by atoms with Gasteiger partial charge < -0.3 is 5.32 Å². The smallest absolute Gasteiger partial charge is 0.281 e. The number of carbonyl (C=O) groups is 1. The Bertz CT molecular complexity index is 1470. The summed E-state index contributed by atoms with van der Waals surface area (Å²) >= 11 is 0. The summed E-state index contributed by atoms with van der Waals surface area (Å²) in [6, 6.07) is 16.4. The van der Waals surface area contributed by atoms with Crippen molar-refractivity contribution in [1.29, 1.82) is 0 Å². The quantitative estimate of drug-likeness (QED) is 0.474. The first-order chi connectivity index (χ1) is 15.1. The largest absolute Gasteiger partial charge is 0.348 e. The van der Waals surface area contributed by atoms with E-state index in [0.717, 1.165) is 16.7 Å². The van der Waals surface area contributed by atoms with Gasteiger partial charge in [0.2, 0.25) is 0 Å². The SMILES string of the molecule is Cc1ccc(-c2n[nH]n3c2nc(=O)c2ccc(C(=O)NCc4cccnc4)cc23)cc1. The van der Waals surface area contributed by atoms with E-state index in [1.165, 1.54) is 0 Å². The van der Waals surface area contributed by atoms with Gasteiger partial charge in [0, 0.05) is 30.1 Å². The molecule has 0 radical (unpaired) electrons. The molecule has 5 rings (SSSR count). The van der Waals surface area contributed by atoms with Crippen molar-refractivity contribution < 1.29 is 4.79 Å². The third kappa shape index (κ3) is 3.44. The lowest BCUT2D eigenvalue weighted by molar-refractivity contribution is 0.0951. The third-order valence-corrected chi connectivity index (χ3v) is 5.12. The van der Waals surface area contributed by atoms with E-state index in [9.17, 15) is 9.59 Å². The Morgan fingerprint density at radius 2 is 1.97 bits per heavy atom. The molecule has 8 nitrogen and oxygen atoms in total. The average Bonchev–Trinajstić information content (AvgIpc) is 3.22. The predicted molar refractivity (Wildman–Crippen MR) is 117 cm³/mol. The molecule has 0 spiro atoms. The van der Waals surface area contributed by atoms with Gasteiger partial charge in [-0.2, -0.15) is 10.1 Å². The summed E-state index contributed by atoms with van der Waals surface area (Å²) in [5.74, 6) is -0.248. The summed E-state index contributed by atoms with van der Waals surface area (Å²) in [4.78, 5) is 33.6. The van der Waals surface area contributed by atoms with Gasteiger partial charge in [0.1, 0.15) is 5.69 Å². The Morgan fingerprint density at radius 3 is 2.74 bits per heavy atom. The Kier molecular flexibility index (Phi) is 4.51. The fourth-order valence-electron chi connectivity index (χ4n) is 3.46. The number of hydrogen-bond acceptors (Lipinski definition) is 5. The minimum Gasteiger partial charge on any atom is -0.348 e. The van der Waals surface area contributed by atoms with Gasteiger partial charge >= 0.3 is 0 Å². The van der Waals surface area contributed by atoms with Crippen LogP contribution in [0.15, 0.2) is 71.8 Å². The summed E-state index contributed by atoms with van der Waals surface area (Å²) < 4.78 is 1.63. The van der Waals surface area contributed by atoms with E-state index < -0.39 is 0 Å². The molecule has 3 aromatic heterocycles. The molecule has 0 aliphatic rings. The number of aromatic amines is 1. The molecule has 31 heavy (non-hydrogen) atoms. The highest BCUT2D eigenvalue weighted by molar-refractivity contribution is 5.98. The van der Waals surface area contributed by atoms with E-state index in [1.54, 1.807) is 35.1 Å². The van der Waals surface area contributed by atoms with Crippen LogP contribution >= 0.6 is 0 Å². The van der Waals surface area contributed by atoms with Crippen LogP contribution in [-0.4, -0.2) is 30.7 Å². The van der Waals surface area contributed by atoms with Crippen LogP contribution in [0.3, 0.4) is 0 Å². The minimum absolute atomic E-state index is 0.248. The highest BCUT2D eigenvalue weighted by Crippen LogP contribution is 2.23. The maximum Gasteiger partial charge on any atom is 0.281 e. The number of hydrogen-bond donors (Lipinski definition) is 2. The molecular weight excluding hydrogens is 392 g/mol. The summed E-state index contributed by atoms with van der Waals surface area (Å²) in [5, 5.41) is 10.6. The van der Waals surface area contributed by atoms with Crippen LogP contribution in [0.25, 0.3) is 27.8 Å². The molecule has 0 aliphatic heterocycles. The number of fused-ring (bicyclic) bond motifs is 3. The fraction of sp³-hybridized carbons (Fsp3) is 0.0870. The normalized spacial score (nSPS) is 11.1. The molecule has 0 saturated carbocycles. The first kappa shape index (κ1) is 18.7. The second-order valence-electron chi connectivity index (χ2n) is 7.28. The van der Waals surface area contributed by atoms with E-state index in [2.05, 4.69) is 25.6 Å². The Balaban J connectivity index is 1.55. The number of amides is 1. The van der Waals surface area contributed by atoms with Gasteiger partial charge in [-0.3, -0.25) is 14.6 Å². The molecule has 2 aromatic carbocycles. The maximum absolute atomic E-state index is 12.7. The van der Waals surface area contributed by atoms with Crippen molar-refractivity contribution in [2.45, 2.75) is 13.5 Å². The lowest BCUT2D eigenvalue weighted by Gasteiger charge is -2.07. The summed E-state index contributed by atoms with van der Waals surface area (Å²) in [6.07, 6.45) is 3.38. The highest BCUT2D eigenvalue weighted by Gasteiger charge is 2.15. The van der Waals surface area contributed by atoms with Crippen molar-refractivity contribution in [3.05, 3.63) is 94.0 Å². The number of H-pyrrole nitrogens is 1. The molecule has 3 heterocycles. The maximum atomic E-state index is 12.7. The topological polar surface area (TPSA) is 105 Å². The Morgan fingerprint density at radius 1 is 1.13 bits per heavy atom. The van der Waals surface area contributed by atoms with Crippen LogP contribution < -0.4 is 10.9 Å². The molecule has 0 aliphatic carbocycles. The van der Waals surface area contributed by atoms with E-state index in [-0.39, 0.29) is 11.5 Å². The van der Waals surface area contributed by atoms with Crippen molar-refractivity contribution in [3.63, 3.8) is 0 Å². The lowest BCUT2D eigenvalue weighted by atomic mass is 10.1. The number of benzene rings is 2. The van der Waals surface area contributed by atoms with Crippen molar-refractivity contribution in [2.75, 3.05) is 0 Å². The number of pyridine rings is 1. The fourth-order valence-corrected chi connectivity index (χ4v) is 3.46. The minimum atomic E-state index is -0.368. The van der Waals surface area contributed by atoms with Gasteiger partial charge in [-0.05, 0) is 36.8 Å². The third-order valence-electron chi connectivity index (χ3n) is 5.12. The predicted octanol–water partition coefficient (Wildman–Crippen LogP) is 2.87. The summed E-state index contributed by atoms with van der Waals surface area (Å²) in [5.41, 5.74) is 4.46. The molecule has 0 fully saturated rings. The van der Waals surface area contributed by atoms with E-state index in [4.69, 9.17) is 0 Å². The van der Waals surface area contributed by atoms with Crippen LogP contribution in [0.1, 0.15) is 21.5 Å². The first-order valence-electron chi connectivity index (χ1n) is 9.75.